The van der Waals surface area contributed by atoms with E-state index in [1.165, 1.54) is 0 Å². The summed E-state index contributed by atoms with van der Waals surface area (Å²) >= 11 is 0. The molecule has 4 heteroatoms. The first kappa shape index (κ1) is 13.2. The highest BCUT2D eigenvalue weighted by atomic mass is 16.5. The third kappa shape index (κ3) is 3.97. The van der Waals surface area contributed by atoms with E-state index in [-0.39, 0.29) is 5.60 Å². The van der Waals surface area contributed by atoms with Gasteiger partial charge in [-0.15, -0.1) is 0 Å². The van der Waals surface area contributed by atoms with Crippen molar-refractivity contribution in [3.8, 4) is 0 Å². The van der Waals surface area contributed by atoms with Crippen LogP contribution in [0.2, 0.25) is 0 Å². The average Bonchev–Trinajstić information content (AvgIpc) is 2.27. The lowest BCUT2D eigenvalue weighted by atomic mass is 9.80. The molecule has 0 aliphatic rings. The van der Waals surface area contributed by atoms with Gasteiger partial charge in [0, 0.05) is 0 Å². The third-order valence-corrected chi connectivity index (χ3v) is 2.76. The van der Waals surface area contributed by atoms with Crippen LogP contribution >= 0.6 is 0 Å². The summed E-state index contributed by atoms with van der Waals surface area (Å²) in [7, 11) is -1.40. The molecule has 0 saturated heterocycles. The maximum absolute atomic E-state index is 8.94. The maximum atomic E-state index is 8.94. The molecular formula is C12H19BO3. The topological polar surface area (TPSA) is 49.7 Å². The van der Waals surface area contributed by atoms with Crippen molar-refractivity contribution in [2.45, 2.75) is 39.4 Å². The van der Waals surface area contributed by atoms with Gasteiger partial charge in [0.05, 0.1) is 12.2 Å². The summed E-state index contributed by atoms with van der Waals surface area (Å²) in [6, 6.07) is 7.09. The third-order valence-electron chi connectivity index (χ3n) is 2.76. The first-order valence-electron chi connectivity index (χ1n) is 5.53. The summed E-state index contributed by atoms with van der Waals surface area (Å²) in [4.78, 5) is 0. The standard InChI is InChI=1S/C12H19BO3/c1-4-12(2,3)16-9-10-5-7-11(8-6-10)13(14)15/h5-8,14-15H,4,9H2,1-3H3. The van der Waals surface area contributed by atoms with E-state index in [1.54, 1.807) is 12.1 Å². The number of ether oxygens (including phenoxy) is 1. The molecule has 1 rings (SSSR count). The summed E-state index contributed by atoms with van der Waals surface area (Å²) < 4.78 is 5.74. The predicted molar refractivity (Wildman–Crippen MR) is 65.4 cm³/mol. The Hall–Kier alpha value is -0.835. The van der Waals surface area contributed by atoms with Crippen molar-refractivity contribution in [1.29, 1.82) is 0 Å². The maximum Gasteiger partial charge on any atom is 0.488 e. The highest BCUT2D eigenvalue weighted by Gasteiger charge is 2.15. The zero-order chi connectivity index (χ0) is 12.2. The lowest BCUT2D eigenvalue weighted by Crippen LogP contribution is -2.29. The van der Waals surface area contributed by atoms with E-state index in [1.807, 2.05) is 12.1 Å². The summed E-state index contributed by atoms with van der Waals surface area (Å²) in [5.41, 5.74) is 1.42. The second-order valence-electron chi connectivity index (χ2n) is 4.52. The van der Waals surface area contributed by atoms with Crippen LogP contribution in [0.25, 0.3) is 0 Å². The molecule has 0 heterocycles. The van der Waals surface area contributed by atoms with Gasteiger partial charge in [0.1, 0.15) is 0 Å². The van der Waals surface area contributed by atoms with Crippen LogP contribution < -0.4 is 5.46 Å². The monoisotopic (exact) mass is 222 g/mol. The van der Waals surface area contributed by atoms with Gasteiger partial charge >= 0.3 is 7.12 Å². The Morgan fingerprint density at radius 2 is 1.75 bits per heavy atom. The molecule has 0 aliphatic carbocycles. The normalized spacial score (nSPS) is 11.6. The molecule has 0 aromatic heterocycles. The van der Waals surface area contributed by atoms with Crippen molar-refractivity contribution < 1.29 is 14.8 Å². The Morgan fingerprint density at radius 1 is 1.19 bits per heavy atom. The molecule has 1 aromatic carbocycles. The van der Waals surface area contributed by atoms with Crippen LogP contribution in [-0.4, -0.2) is 22.8 Å². The van der Waals surface area contributed by atoms with E-state index in [4.69, 9.17) is 14.8 Å². The van der Waals surface area contributed by atoms with Gasteiger partial charge in [-0.3, -0.25) is 0 Å². The van der Waals surface area contributed by atoms with Crippen LogP contribution in [0.15, 0.2) is 24.3 Å². The number of hydrogen-bond donors (Lipinski definition) is 2. The second kappa shape index (κ2) is 5.48. The van der Waals surface area contributed by atoms with Crippen molar-refractivity contribution in [1.82, 2.24) is 0 Å². The van der Waals surface area contributed by atoms with Crippen LogP contribution in [0.3, 0.4) is 0 Å². The average molecular weight is 222 g/mol. The van der Waals surface area contributed by atoms with Crippen molar-refractivity contribution >= 4 is 12.6 Å². The van der Waals surface area contributed by atoms with E-state index in [2.05, 4.69) is 20.8 Å². The minimum Gasteiger partial charge on any atom is -0.423 e. The number of rotatable bonds is 5. The molecular weight excluding hydrogens is 203 g/mol. The highest BCUT2D eigenvalue weighted by molar-refractivity contribution is 6.58. The first-order chi connectivity index (χ1) is 7.44. The lowest BCUT2D eigenvalue weighted by molar-refractivity contribution is -0.0316. The lowest BCUT2D eigenvalue weighted by Gasteiger charge is -2.23. The van der Waals surface area contributed by atoms with Crippen molar-refractivity contribution in [3.63, 3.8) is 0 Å². The van der Waals surface area contributed by atoms with E-state index in [9.17, 15) is 0 Å². The molecule has 0 radical (unpaired) electrons. The minimum atomic E-state index is -1.40. The van der Waals surface area contributed by atoms with Crippen molar-refractivity contribution in [2.75, 3.05) is 0 Å². The Bertz CT molecular complexity index is 320. The highest BCUT2D eigenvalue weighted by Crippen LogP contribution is 2.15. The summed E-state index contributed by atoms with van der Waals surface area (Å²) in [6.07, 6.45) is 0.959. The fourth-order valence-corrected chi connectivity index (χ4v) is 1.17. The fraction of sp³-hybridized carbons (Fsp3) is 0.500. The number of hydrogen-bond acceptors (Lipinski definition) is 3. The number of benzene rings is 1. The SMILES string of the molecule is CCC(C)(C)OCc1ccc(B(O)O)cc1. The van der Waals surface area contributed by atoms with E-state index >= 15 is 0 Å². The summed E-state index contributed by atoms with van der Waals surface area (Å²) in [6.45, 7) is 6.74. The summed E-state index contributed by atoms with van der Waals surface area (Å²) in [5, 5.41) is 17.9. The van der Waals surface area contributed by atoms with Crippen LogP contribution in [0, 0.1) is 0 Å². The van der Waals surface area contributed by atoms with Gasteiger partial charge in [-0.2, -0.15) is 0 Å². The Balaban J connectivity index is 2.56. The molecule has 88 valence electrons. The Kier molecular flexibility index (Phi) is 4.53. The van der Waals surface area contributed by atoms with Crippen LogP contribution in [0.1, 0.15) is 32.8 Å². The van der Waals surface area contributed by atoms with Crippen LogP contribution in [0.4, 0.5) is 0 Å². The van der Waals surface area contributed by atoms with Crippen molar-refractivity contribution in [3.05, 3.63) is 29.8 Å². The Morgan fingerprint density at radius 3 is 2.19 bits per heavy atom. The molecule has 0 atom stereocenters. The fourth-order valence-electron chi connectivity index (χ4n) is 1.17. The zero-order valence-corrected chi connectivity index (χ0v) is 10.1. The minimum absolute atomic E-state index is 0.116. The smallest absolute Gasteiger partial charge is 0.423 e. The molecule has 0 saturated carbocycles. The molecule has 1 aromatic rings. The second-order valence-corrected chi connectivity index (χ2v) is 4.52. The van der Waals surface area contributed by atoms with E-state index in [0.717, 1.165) is 12.0 Å². The Labute approximate surface area is 97.2 Å². The van der Waals surface area contributed by atoms with Gasteiger partial charge in [-0.1, -0.05) is 31.2 Å². The van der Waals surface area contributed by atoms with Gasteiger partial charge in [-0.05, 0) is 31.3 Å². The molecule has 0 unspecified atom stereocenters. The zero-order valence-electron chi connectivity index (χ0n) is 10.1. The quantitative estimate of drug-likeness (QED) is 0.732. The van der Waals surface area contributed by atoms with Gasteiger partial charge in [0.25, 0.3) is 0 Å². The first-order valence-corrected chi connectivity index (χ1v) is 5.53. The van der Waals surface area contributed by atoms with Crippen LogP contribution in [-0.2, 0) is 11.3 Å². The van der Waals surface area contributed by atoms with Gasteiger partial charge in [0.15, 0.2) is 0 Å². The molecule has 2 N–H and O–H groups in total. The van der Waals surface area contributed by atoms with Crippen molar-refractivity contribution in [2.24, 2.45) is 0 Å². The molecule has 3 nitrogen and oxygen atoms in total. The molecule has 0 spiro atoms. The van der Waals surface area contributed by atoms with Crippen LogP contribution in [0.5, 0.6) is 0 Å². The van der Waals surface area contributed by atoms with Gasteiger partial charge in [-0.25, -0.2) is 0 Å². The molecule has 0 amide bonds. The largest absolute Gasteiger partial charge is 0.488 e. The molecule has 16 heavy (non-hydrogen) atoms. The predicted octanol–water partition coefficient (Wildman–Crippen LogP) is 1.07. The molecule has 0 fully saturated rings. The van der Waals surface area contributed by atoms with E-state index in [0.29, 0.717) is 12.1 Å². The molecule has 0 aliphatic heterocycles. The van der Waals surface area contributed by atoms with E-state index < -0.39 is 7.12 Å². The van der Waals surface area contributed by atoms with Gasteiger partial charge in [0.2, 0.25) is 0 Å². The summed E-state index contributed by atoms with van der Waals surface area (Å²) in [5.74, 6) is 0. The molecule has 0 bridgehead atoms. The van der Waals surface area contributed by atoms with Gasteiger partial charge < -0.3 is 14.8 Å².